The van der Waals surface area contributed by atoms with Crippen molar-refractivity contribution in [1.29, 1.82) is 5.26 Å². The van der Waals surface area contributed by atoms with Crippen molar-refractivity contribution in [3.05, 3.63) is 35.4 Å². The van der Waals surface area contributed by atoms with Crippen LogP contribution in [0.4, 0.5) is 4.79 Å². The van der Waals surface area contributed by atoms with Crippen molar-refractivity contribution in [3.63, 3.8) is 0 Å². The summed E-state index contributed by atoms with van der Waals surface area (Å²) in [7, 11) is 0. The molecule has 3 N–H and O–H groups in total. The second kappa shape index (κ2) is 8.31. The number of likely N-dealkylation sites (N-methyl/N-ethyl adjacent to an activating group) is 1. The van der Waals surface area contributed by atoms with Crippen molar-refractivity contribution in [2.45, 2.75) is 38.4 Å². The van der Waals surface area contributed by atoms with Crippen LogP contribution in [0.3, 0.4) is 0 Å². The summed E-state index contributed by atoms with van der Waals surface area (Å²) in [6.07, 6.45) is 1.54. The Morgan fingerprint density at radius 2 is 2.00 bits per heavy atom. The van der Waals surface area contributed by atoms with Gasteiger partial charge < -0.3 is 15.7 Å². The maximum atomic E-state index is 11.9. The summed E-state index contributed by atoms with van der Waals surface area (Å²) in [6, 6.07) is 9.17. The van der Waals surface area contributed by atoms with Gasteiger partial charge in [-0.05, 0) is 37.1 Å². The standard InChI is InChI=1S/C17H22N4O3/c1-2-21(11-16(22)23)15-7-14(8-15)20-17(24)19-10-13-5-3-12(9-18)4-6-13/h3-6,14-15H,2,7-8,10-11H2,1H3,(H,22,23)(H2,19,20,24). The van der Waals surface area contributed by atoms with Crippen LogP contribution in [0.15, 0.2) is 24.3 Å². The van der Waals surface area contributed by atoms with Crippen molar-refractivity contribution in [2.75, 3.05) is 13.1 Å². The molecule has 1 aliphatic carbocycles. The van der Waals surface area contributed by atoms with Crippen LogP contribution in [0.1, 0.15) is 30.9 Å². The number of carbonyl (C=O) groups excluding carboxylic acids is 1. The Bertz CT molecular complexity index is 618. The molecule has 0 unspecified atom stereocenters. The third kappa shape index (κ3) is 4.96. The molecule has 7 nitrogen and oxygen atoms in total. The molecule has 1 aromatic carbocycles. The minimum Gasteiger partial charge on any atom is -0.480 e. The number of nitrogens with zero attached hydrogens (tertiary/aromatic N) is 2. The Hall–Kier alpha value is -2.59. The monoisotopic (exact) mass is 330 g/mol. The van der Waals surface area contributed by atoms with Crippen molar-refractivity contribution in [3.8, 4) is 6.07 Å². The Morgan fingerprint density at radius 3 is 2.54 bits per heavy atom. The Morgan fingerprint density at radius 1 is 1.33 bits per heavy atom. The fourth-order valence-electron chi connectivity index (χ4n) is 2.79. The lowest BCUT2D eigenvalue weighted by atomic mass is 9.85. The summed E-state index contributed by atoms with van der Waals surface area (Å²) < 4.78 is 0. The molecule has 0 radical (unpaired) electrons. The van der Waals surface area contributed by atoms with Crippen molar-refractivity contribution in [1.82, 2.24) is 15.5 Å². The van der Waals surface area contributed by atoms with E-state index < -0.39 is 5.97 Å². The number of carboxylic acid groups (broad SMARTS) is 1. The molecule has 0 aromatic heterocycles. The second-order valence-corrected chi connectivity index (χ2v) is 5.91. The molecular formula is C17H22N4O3. The maximum absolute atomic E-state index is 11.9. The minimum atomic E-state index is -0.826. The molecular weight excluding hydrogens is 308 g/mol. The third-order valence-electron chi connectivity index (χ3n) is 4.25. The minimum absolute atomic E-state index is 0.0405. The first-order valence-electron chi connectivity index (χ1n) is 8.01. The molecule has 0 heterocycles. The zero-order chi connectivity index (χ0) is 17.5. The van der Waals surface area contributed by atoms with E-state index in [-0.39, 0.29) is 24.7 Å². The number of amides is 2. The van der Waals surface area contributed by atoms with Gasteiger partial charge in [0, 0.05) is 18.6 Å². The van der Waals surface area contributed by atoms with Gasteiger partial charge in [0.15, 0.2) is 0 Å². The van der Waals surface area contributed by atoms with Crippen LogP contribution >= 0.6 is 0 Å². The molecule has 24 heavy (non-hydrogen) atoms. The summed E-state index contributed by atoms with van der Waals surface area (Å²) >= 11 is 0. The van der Waals surface area contributed by atoms with Crippen LogP contribution in [0, 0.1) is 11.3 Å². The highest BCUT2D eigenvalue weighted by atomic mass is 16.4. The molecule has 1 fully saturated rings. The van der Waals surface area contributed by atoms with E-state index in [0.717, 1.165) is 18.4 Å². The van der Waals surface area contributed by atoms with Gasteiger partial charge in [-0.15, -0.1) is 0 Å². The van der Waals surface area contributed by atoms with Crippen LogP contribution in [-0.4, -0.2) is 47.2 Å². The first-order chi connectivity index (χ1) is 11.5. The van der Waals surface area contributed by atoms with E-state index in [1.54, 1.807) is 12.1 Å². The van der Waals surface area contributed by atoms with Gasteiger partial charge in [0.2, 0.25) is 0 Å². The molecule has 7 heteroatoms. The first kappa shape index (κ1) is 17.8. The second-order valence-electron chi connectivity index (χ2n) is 5.91. The van der Waals surface area contributed by atoms with Crippen LogP contribution in [0.25, 0.3) is 0 Å². The van der Waals surface area contributed by atoms with E-state index in [2.05, 4.69) is 10.6 Å². The van der Waals surface area contributed by atoms with Crippen molar-refractivity contribution >= 4 is 12.0 Å². The number of aliphatic carboxylic acids is 1. The SMILES string of the molecule is CCN(CC(=O)O)C1CC(NC(=O)NCc2ccc(C#N)cc2)C1. The van der Waals surface area contributed by atoms with Crippen molar-refractivity contribution < 1.29 is 14.7 Å². The molecule has 2 rings (SSSR count). The van der Waals surface area contributed by atoms with Gasteiger partial charge in [0.05, 0.1) is 18.2 Å². The molecule has 128 valence electrons. The molecule has 0 bridgehead atoms. The number of carbonyl (C=O) groups is 2. The van der Waals surface area contributed by atoms with Gasteiger partial charge in [0.25, 0.3) is 0 Å². The van der Waals surface area contributed by atoms with E-state index in [0.29, 0.717) is 18.7 Å². The molecule has 2 amide bonds. The smallest absolute Gasteiger partial charge is 0.317 e. The van der Waals surface area contributed by atoms with E-state index in [1.807, 2.05) is 30.0 Å². The van der Waals surface area contributed by atoms with Gasteiger partial charge in [-0.3, -0.25) is 9.69 Å². The number of urea groups is 1. The van der Waals surface area contributed by atoms with E-state index in [1.165, 1.54) is 0 Å². The molecule has 0 spiro atoms. The predicted molar refractivity (Wildman–Crippen MR) is 88.2 cm³/mol. The lowest BCUT2D eigenvalue weighted by Gasteiger charge is -2.42. The summed E-state index contributed by atoms with van der Waals surface area (Å²) in [4.78, 5) is 24.6. The summed E-state index contributed by atoms with van der Waals surface area (Å²) in [5.41, 5.74) is 1.51. The van der Waals surface area contributed by atoms with Crippen molar-refractivity contribution in [2.24, 2.45) is 0 Å². The Kier molecular flexibility index (Phi) is 6.15. The first-order valence-corrected chi connectivity index (χ1v) is 8.01. The normalized spacial score (nSPS) is 19.2. The largest absolute Gasteiger partial charge is 0.480 e. The number of hydrogen-bond donors (Lipinski definition) is 3. The number of nitrogens with one attached hydrogen (secondary N) is 2. The highest BCUT2D eigenvalue weighted by molar-refractivity contribution is 5.74. The lowest BCUT2D eigenvalue weighted by molar-refractivity contribution is -0.139. The number of carboxylic acids is 1. The van der Waals surface area contributed by atoms with Gasteiger partial charge in [-0.25, -0.2) is 4.79 Å². The zero-order valence-corrected chi connectivity index (χ0v) is 13.7. The Balaban J connectivity index is 1.68. The fraction of sp³-hybridized carbons (Fsp3) is 0.471. The van der Waals surface area contributed by atoms with E-state index >= 15 is 0 Å². The molecule has 0 aliphatic heterocycles. The van der Waals surface area contributed by atoms with Crippen LogP contribution in [0.2, 0.25) is 0 Å². The topological polar surface area (TPSA) is 105 Å². The predicted octanol–water partition coefficient (Wildman–Crippen LogP) is 1.29. The Labute approximate surface area is 141 Å². The average molecular weight is 330 g/mol. The third-order valence-corrected chi connectivity index (χ3v) is 4.25. The van der Waals surface area contributed by atoms with Crippen LogP contribution < -0.4 is 10.6 Å². The summed E-state index contributed by atoms with van der Waals surface area (Å²) in [6.45, 7) is 3.06. The number of nitriles is 1. The van der Waals surface area contributed by atoms with Gasteiger partial charge in [0.1, 0.15) is 0 Å². The van der Waals surface area contributed by atoms with Crippen LogP contribution in [0.5, 0.6) is 0 Å². The number of rotatable bonds is 7. The molecule has 1 aromatic rings. The highest BCUT2D eigenvalue weighted by Crippen LogP contribution is 2.25. The number of hydrogen-bond acceptors (Lipinski definition) is 4. The quantitative estimate of drug-likeness (QED) is 0.699. The summed E-state index contributed by atoms with van der Waals surface area (Å²) in [5, 5.41) is 23.3. The van der Waals surface area contributed by atoms with E-state index in [9.17, 15) is 9.59 Å². The van der Waals surface area contributed by atoms with Gasteiger partial charge in [-0.1, -0.05) is 19.1 Å². The average Bonchev–Trinajstić information content (AvgIpc) is 2.54. The molecule has 0 saturated heterocycles. The maximum Gasteiger partial charge on any atom is 0.317 e. The lowest BCUT2D eigenvalue weighted by Crippen LogP contribution is -2.56. The van der Waals surface area contributed by atoms with E-state index in [4.69, 9.17) is 10.4 Å². The molecule has 1 aliphatic rings. The molecule has 1 saturated carbocycles. The molecule has 0 atom stereocenters. The van der Waals surface area contributed by atoms with Gasteiger partial charge >= 0.3 is 12.0 Å². The fourth-order valence-corrected chi connectivity index (χ4v) is 2.79. The highest BCUT2D eigenvalue weighted by Gasteiger charge is 2.34. The summed E-state index contributed by atoms with van der Waals surface area (Å²) in [5.74, 6) is -0.826. The van der Waals surface area contributed by atoms with Gasteiger partial charge in [-0.2, -0.15) is 5.26 Å². The zero-order valence-electron chi connectivity index (χ0n) is 13.7. The number of benzene rings is 1. The van der Waals surface area contributed by atoms with Crippen LogP contribution in [-0.2, 0) is 11.3 Å².